The van der Waals surface area contributed by atoms with Crippen LogP contribution in [0.1, 0.15) is 28.7 Å². The lowest BCUT2D eigenvalue weighted by atomic mass is 10.1. The molecule has 1 aliphatic rings. The minimum absolute atomic E-state index is 0.181. The molecule has 0 unspecified atom stereocenters. The maximum absolute atomic E-state index is 13.0. The smallest absolute Gasteiger partial charge is 0.280 e. The fourth-order valence-corrected chi connectivity index (χ4v) is 4.30. The number of nitrogens with zero attached hydrogens (tertiary/aromatic N) is 4. The van der Waals surface area contributed by atoms with Crippen LogP contribution in [0.3, 0.4) is 0 Å². The summed E-state index contributed by atoms with van der Waals surface area (Å²) < 4.78 is 33.5. The summed E-state index contributed by atoms with van der Waals surface area (Å²) in [6.07, 6.45) is 2.27. The quantitative estimate of drug-likeness (QED) is 0.682. The third-order valence-corrected chi connectivity index (χ3v) is 6.58. The highest BCUT2D eigenvalue weighted by Crippen LogP contribution is 2.32. The second kappa shape index (κ2) is 7.12. The molecule has 9 nitrogen and oxygen atoms in total. The molecule has 4 rings (SSSR count). The van der Waals surface area contributed by atoms with Crippen LogP contribution in [0, 0.1) is 6.92 Å². The number of rotatable bonds is 5. The van der Waals surface area contributed by atoms with Crippen molar-refractivity contribution < 1.29 is 17.7 Å². The van der Waals surface area contributed by atoms with E-state index in [2.05, 4.69) is 15.0 Å². The Bertz CT molecular complexity index is 1200. The number of hydrogen-bond donors (Lipinski definition) is 1. The van der Waals surface area contributed by atoms with Gasteiger partial charge in [-0.3, -0.25) is 9.48 Å². The molecule has 0 bridgehead atoms. The van der Waals surface area contributed by atoms with Crippen molar-refractivity contribution in [2.24, 2.45) is 0 Å². The Kier molecular flexibility index (Phi) is 4.75. The van der Waals surface area contributed by atoms with Gasteiger partial charge in [-0.1, -0.05) is 5.16 Å². The van der Waals surface area contributed by atoms with Crippen molar-refractivity contribution >= 4 is 21.6 Å². The van der Waals surface area contributed by atoms with Gasteiger partial charge in [0, 0.05) is 30.5 Å². The Morgan fingerprint density at radius 1 is 1.31 bits per heavy atom. The molecule has 1 aliphatic heterocycles. The molecular weight excluding hydrogens is 394 g/mol. The number of benzene rings is 1. The number of anilines is 1. The average molecular weight is 415 g/mol. The molecule has 10 heteroatoms. The molecule has 0 aliphatic carbocycles. The topological polar surface area (TPSA) is 110 Å². The van der Waals surface area contributed by atoms with Crippen LogP contribution in [0.25, 0.3) is 11.3 Å². The molecule has 1 amide bonds. The Labute approximate surface area is 168 Å². The van der Waals surface area contributed by atoms with E-state index in [1.165, 1.54) is 13.1 Å². The van der Waals surface area contributed by atoms with E-state index in [9.17, 15) is 13.2 Å². The summed E-state index contributed by atoms with van der Waals surface area (Å²) in [7, 11) is -2.16. The highest BCUT2D eigenvalue weighted by Gasteiger charge is 2.29. The van der Waals surface area contributed by atoms with Crippen LogP contribution in [-0.2, 0) is 23.0 Å². The maximum atomic E-state index is 13.0. The van der Waals surface area contributed by atoms with E-state index in [-0.39, 0.29) is 16.5 Å². The van der Waals surface area contributed by atoms with Gasteiger partial charge in [-0.2, -0.15) is 5.10 Å². The number of amides is 1. The van der Waals surface area contributed by atoms with Gasteiger partial charge in [0.2, 0.25) is 10.0 Å². The summed E-state index contributed by atoms with van der Waals surface area (Å²) >= 11 is 0. The van der Waals surface area contributed by atoms with Crippen LogP contribution < -0.4 is 9.62 Å². The molecule has 0 atom stereocenters. The normalized spacial score (nSPS) is 13.7. The first kappa shape index (κ1) is 19.3. The van der Waals surface area contributed by atoms with E-state index in [0.29, 0.717) is 24.4 Å². The minimum Gasteiger partial charge on any atom is -0.355 e. The number of aryl methyl sites for hydroxylation is 1. The van der Waals surface area contributed by atoms with E-state index in [1.807, 2.05) is 18.5 Å². The Morgan fingerprint density at radius 2 is 2.10 bits per heavy atom. The zero-order valence-corrected chi connectivity index (χ0v) is 17.2. The van der Waals surface area contributed by atoms with Crippen LogP contribution >= 0.6 is 0 Å². The van der Waals surface area contributed by atoms with Crippen molar-refractivity contribution in [1.29, 1.82) is 0 Å². The van der Waals surface area contributed by atoms with E-state index in [4.69, 9.17) is 4.52 Å². The van der Waals surface area contributed by atoms with Crippen LogP contribution in [0.5, 0.6) is 0 Å². The Balaban J connectivity index is 1.61. The van der Waals surface area contributed by atoms with Gasteiger partial charge in [0.15, 0.2) is 11.5 Å². The molecule has 0 saturated heterocycles. The summed E-state index contributed by atoms with van der Waals surface area (Å²) in [6, 6.07) is 6.36. The number of hydrogen-bond acceptors (Lipinski definition) is 6. The minimum atomic E-state index is -3.53. The van der Waals surface area contributed by atoms with Crippen LogP contribution in [0.4, 0.5) is 5.69 Å². The molecular formula is C19H21N5O4S. The highest BCUT2D eigenvalue weighted by atomic mass is 32.2. The van der Waals surface area contributed by atoms with E-state index in [1.54, 1.807) is 29.3 Å². The zero-order valence-electron chi connectivity index (χ0n) is 16.3. The second-order valence-electron chi connectivity index (χ2n) is 6.74. The number of fused-ring (bicyclic) bond motifs is 1. The van der Waals surface area contributed by atoms with Crippen LogP contribution in [0.15, 0.2) is 39.9 Å². The van der Waals surface area contributed by atoms with Crippen molar-refractivity contribution in [3.8, 4) is 11.3 Å². The van der Waals surface area contributed by atoms with Crippen molar-refractivity contribution in [2.45, 2.75) is 31.7 Å². The summed E-state index contributed by atoms with van der Waals surface area (Å²) in [5.74, 6) is 0.198. The number of nitrogens with one attached hydrogen (secondary N) is 1. The number of carbonyl (C=O) groups is 1. The molecule has 152 valence electrons. The predicted molar refractivity (Wildman–Crippen MR) is 106 cm³/mol. The number of carbonyl (C=O) groups excluding carboxylic acids is 1. The Hall–Kier alpha value is -2.98. The van der Waals surface area contributed by atoms with Gasteiger partial charge < -0.3 is 9.42 Å². The van der Waals surface area contributed by atoms with E-state index < -0.39 is 10.0 Å². The average Bonchev–Trinajstić information content (AvgIpc) is 3.44. The standard InChI is InChI=1S/C19H21N5O4S/c1-4-24-12(2)15(11-21-24)18-10-16(22-28-18)19(25)23-8-7-13-9-14(5-6-17(13)23)29(26,27)20-3/h5-6,9-11,20H,4,7-8H2,1-3H3. The molecule has 0 spiro atoms. The fraction of sp³-hybridized carbons (Fsp3) is 0.316. The van der Waals surface area contributed by atoms with Crippen LogP contribution in [0.2, 0.25) is 0 Å². The molecule has 0 fully saturated rings. The van der Waals surface area contributed by atoms with Gasteiger partial charge in [-0.25, -0.2) is 13.1 Å². The summed E-state index contributed by atoms with van der Waals surface area (Å²) in [5.41, 5.74) is 3.42. The first-order valence-electron chi connectivity index (χ1n) is 9.23. The van der Waals surface area contributed by atoms with Gasteiger partial charge in [0.25, 0.3) is 5.91 Å². The first-order chi connectivity index (χ1) is 13.9. The van der Waals surface area contributed by atoms with Gasteiger partial charge in [-0.15, -0.1) is 0 Å². The number of sulfonamides is 1. The molecule has 0 saturated carbocycles. The third kappa shape index (κ3) is 3.23. The number of aromatic nitrogens is 3. The SMILES string of the molecule is CCn1ncc(-c2cc(C(=O)N3CCc4cc(S(=O)(=O)NC)ccc43)no2)c1C. The van der Waals surface area contributed by atoms with Gasteiger partial charge in [0.1, 0.15) is 0 Å². The van der Waals surface area contributed by atoms with E-state index in [0.717, 1.165) is 23.4 Å². The molecule has 29 heavy (non-hydrogen) atoms. The molecule has 1 aromatic carbocycles. The van der Waals surface area contributed by atoms with Gasteiger partial charge in [-0.05, 0) is 51.1 Å². The lowest BCUT2D eigenvalue weighted by Gasteiger charge is -2.15. The molecule has 0 radical (unpaired) electrons. The van der Waals surface area contributed by atoms with Crippen molar-refractivity contribution in [3.63, 3.8) is 0 Å². The highest BCUT2D eigenvalue weighted by molar-refractivity contribution is 7.89. The molecule has 3 aromatic rings. The van der Waals surface area contributed by atoms with Crippen molar-refractivity contribution in [3.05, 3.63) is 47.4 Å². The second-order valence-corrected chi connectivity index (χ2v) is 8.63. The zero-order chi connectivity index (χ0) is 20.8. The van der Waals surface area contributed by atoms with Crippen molar-refractivity contribution in [2.75, 3.05) is 18.5 Å². The lowest BCUT2D eigenvalue weighted by Crippen LogP contribution is -2.29. The van der Waals surface area contributed by atoms with Gasteiger partial charge in [0.05, 0.1) is 16.7 Å². The Morgan fingerprint density at radius 3 is 2.79 bits per heavy atom. The van der Waals surface area contributed by atoms with Crippen LogP contribution in [-0.4, -0.2) is 42.9 Å². The predicted octanol–water partition coefficient (Wildman–Crippen LogP) is 1.98. The molecule has 1 N–H and O–H groups in total. The monoisotopic (exact) mass is 415 g/mol. The van der Waals surface area contributed by atoms with Crippen molar-refractivity contribution in [1.82, 2.24) is 19.7 Å². The first-order valence-corrected chi connectivity index (χ1v) is 10.7. The van der Waals surface area contributed by atoms with Gasteiger partial charge >= 0.3 is 0 Å². The summed E-state index contributed by atoms with van der Waals surface area (Å²) in [6.45, 7) is 5.12. The van der Waals surface area contributed by atoms with E-state index >= 15 is 0 Å². The summed E-state index contributed by atoms with van der Waals surface area (Å²) in [4.78, 5) is 14.8. The molecule has 3 heterocycles. The fourth-order valence-electron chi connectivity index (χ4n) is 3.52. The third-order valence-electron chi connectivity index (χ3n) is 5.17. The lowest BCUT2D eigenvalue weighted by molar-refractivity contribution is 0.0980. The summed E-state index contributed by atoms with van der Waals surface area (Å²) in [5, 5.41) is 8.23. The largest absolute Gasteiger partial charge is 0.355 e. The maximum Gasteiger partial charge on any atom is 0.280 e. The molecule has 2 aromatic heterocycles.